The van der Waals surface area contributed by atoms with Gasteiger partial charge in [-0.25, -0.2) is 4.79 Å². The molecule has 0 unspecified atom stereocenters. The molecule has 1 aromatic carbocycles. The van der Waals surface area contributed by atoms with Gasteiger partial charge in [-0.15, -0.1) is 0 Å². The van der Waals surface area contributed by atoms with E-state index in [9.17, 15) is 9.59 Å². The molecule has 0 radical (unpaired) electrons. The van der Waals surface area contributed by atoms with Gasteiger partial charge < -0.3 is 15.2 Å². The van der Waals surface area contributed by atoms with Crippen LogP contribution >= 0.6 is 0 Å². The van der Waals surface area contributed by atoms with E-state index >= 15 is 0 Å². The van der Waals surface area contributed by atoms with E-state index in [-0.39, 0.29) is 11.7 Å². The molecule has 7 heteroatoms. The fourth-order valence-corrected chi connectivity index (χ4v) is 1.90. The van der Waals surface area contributed by atoms with Crippen molar-refractivity contribution < 1.29 is 19.4 Å². The third-order valence-electron chi connectivity index (χ3n) is 2.89. The highest BCUT2D eigenvalue weighted by Crippen LogP contribution is 2.27. The molecular weight excluding hydrogens is 286 g/mol. The highest BCUT2D eigenvalue weighted by Gasteiger charge is 2.16. The van der Waals surface area contributed by atoms with Crippen LogP contribution in [0.1, 0.15) is 34.7 Å². The lowest BCUT2D eigenvalue weighted by atomic mass is 10.2. The summed E-state index contributed by atoms with van der Waals surface area (Å²) in [5.74, 6) is -1.06. The number of amides is 1. The van der Waals surface area contributed by atoms with Crippen molar-refractivity contribution in [1.29, 1.82) is 0 Å². The Bertz CT molecular complexity index is 707. The zero-order valence-corrected chi connectivity index (χ0v) is 12.5. The highest BCUT2D eigenvalue weighted by molar-refractivity contribution is 6.04. The van der Waals surface area contributed by atoms with Crippen LogP contribution in [0, 0.1) is 0 Å². The monoisotopic (exact) mass is 303 g/mol. The predicted octanol–water partition coefficient (Wildman–Crippen LogP) is 2.16. The third-order valence-corrected chi connectivity index (χ3v) is 2.89. The summed E-state index contributed by atoms with van der Waals surface area (Å²) in [6.07, 6.45) is 1.40. The average Bonchev–Trinajstić information content (AvgIpc) is 2.86. The molecular formula is C15H17N3O4. The zero-order chi connectivity index (χ0) is 16.3. The maximum Gasteiger partial charge on any atom is 0.335 e. The number of hydrogen-bond donors (Lipinski definition) is 2. The number of ether oxygens (including phenoxy) is 1. The molecule has 0 aliphatic heterocycles. The predicted molar refractivity (Wildman–Crippen MR) is 80.3 cm³/mol. The summed E-state index contributed by atoms with van der Waals surface area (Å²) in [4.78, 5) is 23.3. The summed E-state index contributed by atoms with van der Waals surface area (Å²) >= 11 is 0. The number of carboxylic acids is 1. The lowest BCUT2D eigenvalue weighted by Crippen LogP contribution is -2.18. The molecule has 0 aliphatic carbocycles. The summed E-state index contributed by atoms with van der Waals surface area (Å²) in [6.45, 7) is 3.69. The second kappa shape index (κ2) is 6.30. The van der Waals surface area contributed by atoms with Crippen molar-refractivity contribution in [1.82, 2.24) is 9.78 Å². The van der Waals surface area contributed by atoms with Crippen molar-refractivity contribution in [3.05, 3.63) is 41.7 Å². The molecule has 2 aromatic rings. The molecule has 1 aromatic heterocycles. The number of aromatic nitrogens is 2. The Balaban J connectivity index is 2.34. The minimum absolute atomic E-state index is 0.0661. The van der Waals surface area contributed by atoms with Gasteiger partial charge in [0.05, 0.1) is 17.4 Å². The van der Waals surface area contributed by atoms with Gasteiger partial charge in [0.25, 0.3) is 5.91 Å². The normalized spacial score (nSPS) is 10.5. The van der Waals surface area contributed by atoms with Gasteiger partial charge in [0.15, 0.2) is 0 Å². The molecule has 0 saturated carbocycles. The second-order valence-electron chi connectivity index (χ2n) is 4.98. The van der Waals surface area contributed by atoms with Gasteiger partial charge in [0, 0.05) is 13.2 Å². The summed E-state index contributed by atoms with van der Waals surface area (Å²) in [6, 6.07) is 5.90. The summed E-state index contributed by atoms with van der Waals surface area (Å²) in [5.41, 5.74) is 0.729. The second-order valence-corrected chi connectivity index (χ2v) is 4.98. The number of rotatable bonds is 5. The molecule has 0 spiro atoms. The number of nitrogens with zero attached hydrogens (tertiary/aromatic N) is 2. The summed E-state index contributed by atoms with van der Waals surface area (Å²) in [7, 11) is 1.65. The van der Waals surface area contributed by atoms with E-state index < -0.39 is 11.9 Å². The third kappa shape index (κ3) is 3.43. The van der Waals surface area contributed by atoms with Crippen LogP contribution in [0.25, 0.3) is 0 Å². The van der Waals surface area contributed by atoms with Gasteiger partial charge in [-0.2, -0.15) is 5.10 Å². The first-order valence-corrected chi connectivity index (χ1v) is 6.72. The number of nitrogens with one attached hydrogen (secondary N) is 1. The Kier molecular flexibility index (Phi) is 4.45. The number of anilines is 1. The molecule has 2 N–H and O–H groups in total. The van der Waals surface area contributed by atoms with Gasteiger partial charge in [0.2, 0.25) is 0 Å². The zero-order valence-electron chi connectivity index (χ0n) is 12.5. The standard InChI is InChI=1S/C15H17N3O4/c1-9(2)22-13-5-4-10(15(20)21)8-11(13)17-14(19)12-6-7-16-18(12)3/h4-9H,1-3H3,(H,17,19)(H,20,21). The number of carbonyl (C=O) groups is 2. The van der Waals surface area contributed by atoms with Crippen LogP contribution in [0.4, 0.5) is 5.69 Å². The van der Waals surface area contributed by atoms with Crippen molar-refractivity contribution in [2.75, 3.05) is 5.32 Å². The van der Waals surface area contributed by atoms with Crippen LogP contribution in [0.3, 0.4) is 0 Å². The average molecular weight is 303 g/mol. The van der Waals surface area contributed by atoms with Crippen molar-refractivity contribution in [2.45, 2.75) is 20.0 Å². The van der Waals surface area contributed by atoms with Crippen LogP contribution in [-0.2, 0) is 7.05 Å². The molecule has 1 heterocycles. The molecule has 0 fully saturated rings. The number of benzene rings is 1. The van der Waals surface area contributed by atoms with Crippen molar-refractivity contribution in [3.63, 3.8) is 0 Å². The number of carbonyl (C=O) groups excluding carboxylic acids is 1. The Morgan fingerprint density at radius 2 is 2.05 bits per heavy atom. The largest absolute Gasteiger partial charge is 0.489 e. The first kappa shape index (κ1) is 15.6. The van der Waals surface area contributed by atoms with Crippen LogP contribution in [0.5, 0.6) is 5.75 Å². The maximum atomic E-state index is 12.2. The fourth-order valence-electron chi connectivity index (χ4n) is 1.90. The van der Waals surface area contributed by atoms with Crippen LogP contribution in [0.2, 0.25) is 0 Å². The topological polar surface area (TPSA) is 93.4 Å². The molecule has 0 aliphatic rings. The SMILES string of the molecule is CC(C)Oc1ccc(C(=O)O)cc1NC(=O)c1ccnn1C. The van der Waals surface area contributed by atoms with E-state index in [2.05, 4.69) is 10.4 Å². The van der Waals surface area contributed by atoms with Crippen molar-refractivity contribution in [2.24, 2.45) is 7.05 Å². The van der Waals surface area contributed by atoms with Crippen LogP contribution in [-0.4, -0.2) is 32.9 Å². The molecule has 7 nitrogen and oxygen atoms in total. The van der Waals surface area contributed by atoms with Crippen molar-refractivity contribution in [3.8, 4) is 5.75 Å². The van der Waals surface area contributed by atoms with Crippen molar-refractivity contribution >= 4 is 17.6 Å². The van der Waals surface area contributed by atoms with E-state index in [1.54, 1.807) is 13.1 Å². The minimum Gasteiger partial charge on any atom is -0.489 e. The molecule has 0 saturated heterocycles. The van der Waals surface area contributed by atoms with E-state index in [1.165, 1.54) is 29.1 Å². The number of carboxylic acid groups (broad SMARTS) is 1. The van der Waals surface area contributed by atoms with Gasteiger partial charge in [-0.1, -0.05) is 0 Å². The Morgan fingerprint density at radius 1 is 1.32 bits per heavy atom. The molecule has 22 heavy (non-hydrogen) atoms. The number of aryl methyl sites for hydroxylation is 1. The highest BCUT2D eigenvalue weighted by atomic mass is 16.5. The molecule has 2 rings (SSSR count). The fraction of sp³-hybridized carbons (Fsp3) is 0.267. The number of aromatic carboxylic acids is 1. The Hall–Kier alpha value is -2.83. The van der Waals surface area contributed by atoms with Gasteiger partial charge in [0.1, 0.15) is 11.4 Å². The molecule has 1 amide bonds. The molecule has 0 atom stereocenters. The Morgan fingerprint density at radius 3 is 2.59 bits per heavy atom. The number of hydrogen-bond acceptors (Lipinski definition) is 4. The molecule has 0 bridgehead atoms. The lowest BCUT2D eigenvalue weighted by molar-refractivity contribution is 0.0696. The minimum atomic E-state index is -1.08. The first-order chi connectivity index (χ1) is 10.4. The van der Waals surface area contributed by atoms with E-state index in [0.29, 0.717) is 17.1 Å². The van der Waals surface area contributed by atoms with Gasteiger partial charge >= 0.3 is 5.97 Å². The quantitative estimate of drug-likeness (QED) is 0.882. The van der Waals surface area contributed by atoms with E-state index in [1.807, 2.05) is 13.8 Å². The van der Waals surface area contributed by atoms with E-state index in [4.69, 9.17) is 9.84 Å². The molecule has 116 valence electrons. The van der Waals surface area contributed by atoms with Crippen LogP contribution < -0.4 is 10.1 Å². The Labute approximate surface area is 127 Å². The smallest absolute Gasteiger partial charge is 0.335 e. The van der Waals surface area contributed by atoms with Gasteiger partial charge in [-0.3, -0.25) is 9.48 Å². The van der Waals surface area contributed by atoms with Gasteiger partial charge in [-0.05, 0) is 38.1 Å². The van der Waals surface area contributed by atoms with Crippen LogP contribution in [0.15, 0.2) is 30.5 Å². The summed E-state index contributed by atoms with van der Waals surface area (Å²) < 4.78 is 7.03. The lowest BCUT2D eigenvalue weighted by Gasteiger charge is -2.15. The van der Waals surface area contributed by atoms with E-state index in [0.717, 1.165) is 0 Å². The first-order valence-electron chi connectivity index (χ1n) is 6.72. The maximum absolute atomic E-state index is 12.2. The summed E-state index contributed by atoms with van der Waals surface area (Å²) in [5, 5.41) is 15.7.